The van der Waals surface area contributed by atoms with Crippen LogP contribution in [0.2, 0.25) is 0 Å². The lowest BCUT2D eigenvalue weighted by Gasteiger charge is -2.07. The van der Waals surface area contributed by atoms with Gasteiger partial charge in [0.15, 0.2) is 0 Å². The molecule has 0 nitrogen and oxygen atoms in total. The predicted octanol–water partition coefficient (Wildman–Crippen LogP) is 5.14. The highest BCUT2D eigenvalue weighted by atomic mass is 14.0. The van der Waals surface area contributed by atoms with Crippen LogP contribution < -0.4 is 0 Å². The van der Waals surface area contributed by atoms with E-state index in [2.05, 4.69) is 46.1 Å². The smallest absolute Gasteiger partial charge is 0.0103 e. The van der Waals surface area contributed by atoms with E-state index in [1.165, 1.54) is 19.3 Å². The zero-order valence-electron chi connectivity index (χ0n) is 10.6. The van der Waals surface area contributed by atoms with E-state index in [1.807, 2.05) is 6.08 Å². The van der Waals surface area contributed by atoms with Gasteiger partial charge in [-0.2, -0.15) is 0 Å². The summed E-state index contributed by atoms with van der Waals surface area (Å²) in [5, 5.41) is 0. The summed E-state index contributed by atoms with van der Waals surface area (Å²) in [4.78, 5) is 0. The lowest BCUT2D eigenvalue weighted by atomic mass is 9.99. The van der Waals surface area contributed by atoms with Crippen LogP contribution in [0.25, 0.3) is 0 Å². The molecule has 0 aliphatic heterocycles. The average Bonchev–Trinajstić information content (AvgIpc) is 2.17. The summed E-state index contributed by atoms with van der Waals surface area (Å²) in [6.07, 6.45) is 11.3. The van der Waals surface area contributed by atoms with Crippen molar-refractivity contribution in [2.45, 2.75) is 46.5 Å². The Morgan fingerprint density at radius 1 is 1.20 bits per heavy atom. The van der Waals surface area contributed by atoms with Gasteiger partial charge in [0.1, 0.15) is 0 Å². The van der Waals surface area contributed by atoms with Crippen LogP contribution in [-0.4, -0.2) is 0 Å². The third-order valence-electron chi connectivity index (χ3n) is 2.57. The molecule has 0 spiro atoms. The monoisotopic (exact) mass is 206 g/mol. The molecule has 86 valence electrons. The summed E-state index contributed by atoms with van der Waals surface area (Å²) in [6, 6.07) is 0. The number of allylic oxidation sites excluding steroid dienone is 4. The van der Waals surface area contributed by atoms with Gasteiger partial charge in [-0.25, -0.2) is 0 Å². The zero-order chi connectivity index (χ0) is 11.7. The van der Waals surface area contributed by atoms with Crippen molar-refractivity contribution in [3.8, 4) is 0 Å². The molecule has 0 aromatic rings. The molecule has 0 radical (unpaired) electrons. The van der Waals surface area contributed by atoms with Crippen LogP contribution >= 0.6 is 0 Å². The Kier molecular flexibility index (Phi) is 8.08. The van der Waals surface area contributed by atoms with Gasteiger partial charge in [0.05, 0.1) is 0 Å². The quantitative estimate of drug-likeness (QED) is 0.381. The summed E-state index contributed by atoms with van der Waals surface area (Å²) < 4.78 is 0. The van der Waals surface area contributed by atoms with Gasteiger partial charge in [0.25, 0.3) is 0 Å². The highest BCUT2D eigenvalue weighted by molar-refractivity contribution is 5.14. The van der Waals surface area contributed by atoms with E-state index >= 15 is 0 Å². The van der Waals surface area contributed by atoms with Gasteiger partial charge in [-0.05, 0) is 24.7 Å². The van der Waals surface area contributed by atoms with E-state index in [0.717, 1.165) is 17.9 Å². The maximum Gasteiger partial charge on any atom is -0.0103 e. The molecule has 0 heteroatoms. The Morgan fingerprint density at radius 2 is 1.87 bits per heavy atom. The summed E-state index contributed by atoms with van der Waals surface area (Å²) in [5.41, 5.74) is 1.10. The summed E-state index contributed by atoms with van der Waals surface area (Å²) >= 11 is 0. The van der Waals surface area contributed by atoms with Gasteiger partial charge < -0.3 is 0 Å². The van der Waals surface area contributed by atoms with Crippen molar-refractivity contribution in [2.75, 3.05) is 0 Å². The minimum atomic E-state index is 0.696. The first kappa shape index (κ1) is 14.2. The molecule has 15 heavy (non-hydrogen) atoms. The molecule has 0 amide bonds. The molecule has 0 N–H and O–H groups in total. The van der Waals surface area contributed by atoms with Crippen molar-refractivity contribution < 1.29 is 0 Å². The SMILES string of the molecule is C=CC(=C)C/C=C\C(C)CCCC(C)C. The number of hydrogen-bond donors (Lipinski definition) is 0. The molecule has 1 unspecified atom stereocenters. The molecule has 0 rings (SSSR count). The molecule has 0 aliphatic rings. The van der Waals surface area contributed by atoms with Crippen molar-refractivity contribution >= 4 is 0 Å². The van der Waals surface area contributed by atoms with E-state index in [9.17, 15) is 0 Å². The zero-order valence-corrected chi connectivity index (χ0v) is 10.6. The molecular weight excluding hydrogens is 180 g/mol. The Labute approximate surface area is 95.8 Å². The fourth-order valence-electron chi connectivity index (χ4n) is 1.48. The van der Waals surface area contributed by atoms with E-state index < -0.39 is 0 Å². The lowest BCUT2D eigenvalue weighted by molar-refractivity contribution is 0.501. The molecule has 0 fully saturated rings. The van der Waals surface area contributed by atoms with Crippen molar-refractivity contribution in [1.82, 2.24) is 0 Å². The molecule has 1 atom stereocenters. The first-order valence-electron chi connectivity index (χ1n) is 6.03. The topological polar surface area (TPSA) is 0 Å². The minimum absolute atomic E-state index is 0.696. The van der Waals surface area contributed by atoms with E-state index in [-0.39, 0.29) is 0 Å². The summed E-state index contributed by atoms with van der Waals surface area (Å²) in [6.45, 7) is 14.4. The second-order valence-electron chi connectivity index (χ2n) is 4.80. The normalized spacial score (nSPS) is 13.3. The van der Waals surface area contributed by atoms with Crippen LogP contribution in [0.15, 0.2) is 37.0 Å². The highest BCUT2D eigenvalue weighted by Crippen LogP contribution is 2.14. The molecule has 0 heterocycles. The van der Waals surface area contributed by atoms with Gasteiger partial charge in [0.2, 0.25) is 0 Å². The summed E-state index contributed by atoms with van der Waals surface area (Å²) in [7, 11) is 0. The number of rotatable bonds is 8. The van der Waals surface area contributed by atoms with Crippen LogP contribution in [0.4, 0.5) is 0 Å². The van der Waals surface area contributed by atoms with Crippen molar-refractivity contribution in [3.05, 3.63) is 37.0 Å². The first-order chi connectivity index (χ1) is 7.06. The molecule has 0 aromatic carbocycles. The van der Waals surface area contributed by atoms with E-state index in [4.69, 9.17) is 0 Å². The van der Waals surface area contributed by atoms with Gasteiger partial charge in [-0.15, -0.1) is 0 Å². The maximum atomic E-state index is 3.89. The van der Waals surface area contributed by atoms with E-state index in [1.54, 1.807) is 0 Å². The Bertz CT molecular complexity index is 208. The Morgan fingerprint density at radius 3 is 2.40 bits per heavy atom. The second-order valence-corrected chi connectivity index (χ2v) is 4.80. The average molecular weight is 206 g/mol. The van der Waals surface area contributed by atoms with Crippen molar-refractivity contribution in [2.24, 2.45) is 11.8 Å². The van der Waals surface area contributed by atoms with Crippen molar-refractivity contribution in [3.63, 3.8) is 0 Å². The largest absolute Gasteiger partial charge is 0.0988 e. The third kappa shape index (κ3) is 9.52. The van der Waals surface area contributed by atoms with Crippen LogP contribution in [0.1, 0.15) is 46.5 Å². The molecule has 0 bridgehead atoms. The standard InChI is InChI=1S/C15H26/c1-6-14(4)10-8-12-15(5)11-7-9-13(2)3/h6,8,12-13,15H,1,4,7,9-11H2,2-3,5H3/b12-8-. The molecule has 0 aliphatic carbocycles. The highest BCUT2D eigenvalue weighted by Gasteiger charge is 1.98. The van der Waals surface area contributed by atoms with Gasteiger partial charge in [-0.3, -0.25) is 0 Å². The minimum Gasteiger partial charge on any atom is -0.0988 e. The van der Waals surface area contributed by atoms with Crippen molar-refractivity contribution in [1.29, 1.82) is 0 Å². The molecule has 0 saturated heterocycles. The number of hydrogen-bond acceptors (Lipinski definition) is 0. The first-order valence-corrected chi connectivity index (χ1v) is 6.03. The molecular formula is C15H26. The van der Waals surface area contributed by atoms with Crippen LogP contribution in [-0.2, 0) is 0 Å². The maximum absolute atomic E-state index is 3.89. The van der Waals surface area contributed by atoms with Crippen LogP contribution in [0.3, 0.4) is 0 Å². The lowest BCUT2D eigenvalue weighted by Crippen LogP contribution is -1.93. The molecule has 0 saturated carbocycles. The van der Waals surface area contributed by atoms with Crippen LogP contribution in [0.5, 0.6) is 0 Å². The third-order valence-corrected chi connectivity index (χ3v) is 2.57. The van der Waals surface area contributed by atoms with Crippen LogP contribution in [0, 0.1) is 11.8 Å². The summed E-state index contributed by atoms with van der Waals surface area (Å²) in [5.74, 6) is 1.53. The predicted molar refractivity (Wildman–Crippen MR) is 70.9 cm³/mol. The van der Waals surface area contributed by atoms with Gasteiger partial charge >= 0.3 is 0 Å². The Hall–Kier alpha value is -0.780. The van der Waals surface area contributed by atoms with Gasteiger partial charge in [0, 0.05) is 0 Å². The molecule has 0 aromatic heterocycles. The fraction of sp³-hybridized carbons (Fsp3) is 0.600. The Balaban J connectivity index is 3.59. The fourth-order valence-corrected chi connectivity index (χ4v) is 1.48. The van der Waals surface area contributed by atoms with E-state index in [0.29, 0.717) is 5.92 Å². The second kappa shape index (κ2) is 8.52. The van der Waals surface area contributed by atoms with Gasteiger partial charge in [-0.1, -0.05) is 70.6 Å².